The normalized spacial score (nSPS) is 7.90. The van der Waals surface area contributed by atoms with E-state index in [1.165, 1.54) is 0 Å². The highest BCUT2D eigenvalue weighted by atomic mass is 32.1. The summed E-state index contributed by atoms with van der Waals surface area (Å²) in [6, 6.07) is 0. The van der Waals surface area contributed by atoms with Gasteiger partial charge in [0.1, 0.15) is 0 Å². The lowest BCUT2D eigenvalue weighted by Gasteiger charge is -1.86. The maximum Gasteiger partial charge on any atom is 0.0437 e. The van der Waals surface area contributed by atoms with Crippen molar-refractivity contribution in [1.82, 2.24) is 0 Å². The minimum Gasteiger partial charge on any atom is -0.382 e. The van der Waals surface area contributed by atoms with Gasteiger partial charge in [-0.1, -0.05) is 6.08 Å². The Hall–Kier alpha value is 0.0500. The average molecular weight is 162 g/mol. The molecule has 0 aliphatic heterocycles. The molecule has 0 saturated heterocycles. The van der Waals surface area contributed by atoms with Gasteiger partial charge >= 0.3 is 0 Å². The van der Waals surface area contributed by atoms with Gasteiger partial charge in [-0.05, 0) is 26.0 Å². The summed E-state index contributed by atoms with van der Waals surface area (Å²) < 4.78 is 4.83. The molecule has 0 aliphatic rings. The molecule has 2 heteroatoms. The van der Waals surface area contributed by atoms with Crippen molar-refractivity contribution in [3.05, 3.63) is 12.7 Å². The number of hydrogen-bond donors (Lipinski definition) is 1. The largest absolute Gasteiger partial charge is 0.382 e. The Balaban J connectivity index is 0. The van der Waals surface area contributed by atoms with Gasteiger partial charge in [-0.15, -0.1) is 6.58 Å². The number of rotatable bonds is 4. The molecule has 0 rings (SSSR count). The zero-order valence-electron chi connectivity index (χ0n) is 6.97. The van der Waals surface area contributed by atoms with Crippen LogP contribution in [0.5, 0.6) is 0 Å². The van der Waals surface area contributed by atoms with Crippen LogP contribution in [0.25, 0.3) is 0 Å². The zero-order valence-corrected chi connectivity index (χ0v) is 7.86. The third kappa shape index (κ3) is 24.4. The molecule has 1 nitrogen and oxygen atoms in total. The van der Waals surface area contributed by atoms with Crippen molar-refractivity contribution in [2.75, 3.05) is 19.0 Å². The van der Waals surface area contributed by atoms with E-state index in [0.29, 0.717) is 0 Å². The van der Waals surface area contributed by atoms with Crippen LogP contribution in [0, 0.1) is 0 Å². The Morgan fingerprint density at radius 2 is 1.90 bits per heavy atom. The fourth-order valence-corrected chi connectivity index (χ4v) is 0.478. The second-order valence-corrected chi connectivity index (χ2v) is 2.03. The van der Waals surface area contributed by atoms with Gasteiger partial charge in [-0.2, -0.15) is 12.6 Å². The minimum atomic E-state index is 0.844. The quantitative estimate of drug-likeness (QED) is 0.493. The first-order valence-corrected chi connectivity index (χ1v) is 4.26. The summed E-state index contributed by atoms with van der Waals surface area (Å²) in [5.74, 6) is 0.920. The van der Waals surface area contributed by atoms with Crippen molar-refractivity contribution < 1.29 is 4.74 Å². The molecule has 0 spiro atoms. The van der Waals surface area contributed by atoms with Crippen LogP contribution in [0.4, 0.5) is 0 Å². The molecule has 0 fully saturated rings. The second-order valence-electron chi connectivity index (χ2n) is 1.58. The molecule has 0 aromatic carbocycles. The standard InChI is InChI=1S/C4H10O.C4H8S/c1-3-5-4-2;1-2-3-4-5/h3-4H2,1-2H3;2,5H,1,3-4H2. The number of ether oxygens (including phenoxy) is 1. The van der Waals surface area contributed by atoms with Crippen LogP contribution in [0.15, 0.2) is 12.7 Å². The molecular formula is C8H18OS. The molecule has 0 bridgehead atoms. The maximum absolute atomic E-state index is 4.83. The van der Waals surface area contributed by atoms with Crippen molar-refractivity contribution in [3.63, 3.8) is 0 Å². The molecule has 0 aromatic heterocycles. The van der Waals surface area contributed by atoms with Gasteiger partial charge in [0.15, 0.2) is 0 Å². The molecule has 0 radical (unpaired) electrons. The van der Waals surface area contributed by atoms with E-state index in [0.717, 1.165) is 25.4 Å². The minimum absolute atomic E-state index is 0.844. The van der Waals surface area contributed by atoms with Crippen LogP contribution < -0.4 is 0 Å². The van der Waals surface area contributed by atoms with Crippen molar-refractivity contribution in [2.24, 2.45) is 0 Å². The van der Waals surface area contributed by atoms with E-state index in [1.807, 2.05) is 19.9 Å². The molecule has 0 heterocycles. The molecule has 0 unspecified atom stereocenters. The van der Waals surface area contributed by atoms with Gasteiger partial charge in [-0.3, -0.25) is 0 Å². The van der Waals surface area contributed by atoms with Gasteiger partial charge in [0.25, 0.3) is 0 Å². The van der Waals surface area contributed by atoms with Crippen LogP contribution >= 0.6 is 12.6 Å². The fourth-order valence-electron chi connectivity index (χ4n) is 0.295. The summed E-state index contributed by atoms with van der Waals surface area (Å²) >= 11 is 3.93. The van der Waals surface area contributed by atoms with Crippen LogP contribution in [0.2, 0.25) is 0 Å². The first kappa shape index (κ1) is 12.7. The van der Waals surface area contributed by atoms with Gasteiger partial charge in [-0.25, -0.2) is 0 Å². The lowest BCUT2D eigenvalue weighted by Crippen LogP contribution is -1.84. The Morgan fingerprint density at radius 3 is 1.90 bits per heavy atom. The van der Waals surface area contributed by atoms with Gasteiger partial charge in [0.2, 0.25) is 0 Å². The molecule has 0 atom stereocenters. The third-order valence-corrected chi connectivity index (χ3v) is 1.000. The smallest absolute Gasteiger partial charge is 0.0437 e. The maximum atomic E-state index is 4.83. The summed E-state index contributed by atoms with van der Waals surface area (Å²) in [4.78, 5) is 0. The van der Waals surface area contributed by atoms with Crippen molar-refractivity contribution in [2.45, 2.75) is 20.3 Å². The molecule has 0 aromatic rings. The van der Waals surface area contributed by atoms with E-state index in [-0.39, 0.29) is 0 Å². The molecule has 0 N–H and O–H groups in total. The number of allylic oxidation sites excluding steroid dienone is 1. The Bertz CT molecular complexity index is 53.2. The molecule has 0 saturated carbocycles. The van der Waals surface area contributed by atoms with Gasteiger partial charge in [0.05, 0.1) is 0 Å². The predicted octanol–water partition coefficient (Wildman–Crippen LogP) is 2.54. The first-order chi connectivity index (χ1) is 4.83. The Labute approximate surface area is 69.9 Å². The average Bonchev–Trinajstić information content (AvgIpc) is 1.93. The van der Waals surface area contributed by atoms with Crippen molar-refractivity contribution in [3.8, 4) is 0 Å². The van der Waals surface area contributed by atoms with Crippen LogP contribution in [-0.4, -0.2) is 19.0 Å². The molecule has 62 valence electrons. The lowest BCUT2D eigenvalue weighted by molar-refractivity contribution is 0.162. The van der Waals surface area contributed by atoms with Gasteiger partial charge < -0.3 is 4.74 Å². The van der Waals surface area contributed by atoms with Crippen LogP contribution in [0.1, 0.15) is 20.3 Å². The van der Waals surface area contributed by atoms with E-state index in [4.69, 9.17) is 4.74 Å². The van der Waals surface area contributed by atoms with E-state index >= 15 is 0 Å². The highest BCUT2D eigenvalue weighted by Gasteiger charge is 1.64. The predicted molar refractivity (Wildman–Crippen MR) is 50.8 cm³/mol. The highest BCUT2D eigenvalue weighted by Crippen LogP contribution is 1.79. The zero-order chi connectivity index (χ0) is 8.24. The summed E-state index contributed by atoms with van der Waals surface area (Å²) in [5, 5.41) is 0. The number of hydrogen-bond acceptors (Lipinski definition) is 2. The van der Waals surface area contributed by atoms with Crippen molar-refractivity contribution >= 4 is 12.6 Å². The van der Waals surface area contributed by atoms with Crippen LogP contribution in [-0.2, 0) is 4.74 Å². The SMILES string of the molecule is C=CCCS.CCOCC. The van der Waals surface area contributed by atoms with E-state index < -0.39 is 0 Å². The third-order valence-electron chi connectivity index (χ3n) is 0.741. The molecule has 0 amide bonds. The highest BCUT2D eigenvalue weighted by molar-refractivity contribution is 7.80. The molecule has 0 aliphatic carbocycles. The molecular weight excluding hydrogens is 144 g/mol. The second kappa shape index (κ2) is 16.0. The van der Waals surface area contributed by atoms with E-state index in [9.17, 15) is 0 Å². The fraction of sp³-hybridized carbons (Fsp3) is 0.750. The topological polar surface area (TPSA) is 9.23 Å². The summed E-state index contributed by atoms with van der Waals surface area (Å²) in [5.41, 5.74) is 0. The summed E-state index contributed by atoms with van der Waals surface area (Å²) in [6.45, 7) is 9.17. The Morgan fingerprint density at radius 1 is 1.40 bits per heavy atom. The van der Waals surface area contributed by atoms with Gasteiger partial charge in [0, 0.05) is 13.2 Å². The van der Waals surface area contributed by atoms with E-state index in [1.54, 1.807) is 0 Å². The number of thiol groups is 1. The monoisotopic (exact) mass is 162 g/mol. The molecule has 10 heavy (non-hydrogen) atoms. The van der Waals surface area contributed by atoms with Crippen LogP contribution in [0.3, 0.4) is 0 Å². The summed E-state index contributed by atoms with van der Waals surface area (Å²) in [7, 11) is 0. The van der Waals surface area contributed by atoms with E-state index in [2.05, 4.69) is 19.2 Å². The van der Waals surface area contributed by atoms with Crippen molar-refractivity contribution in [1.29, 1.82) is 0 Å². The Kier molecular flexibility index (Phi) is 20.4. The first-order valence-electron chi connectivity index (χ1n) is 3.62. The lowest BCUT2D eigenvalue weighted by atomic mass is 10.5. The summed E-state index contributed by atoms with van der Waals surface area (Å²) in [6.07, 6.45) is 2.87.